The molecule has 0 unspecified atom stereocenters. The Bertz CT molecular complexity index is 741. The second-order valence-corrected chi connectivity index (χ2v) is 10.3. The van der Waals surface area contributed by atoms with E-state index in [1.807, 2.05) is 25.7 Å². The van der Waals surface area contributed by atoms with Gasteiger partial charge >= 0.3 is 0 Å². The predicted octanol–water partition coefficient (Wildman–Crippen LogP) is 2.32. The molecule has 0 spiro atoms. The fraction of sp³-hybridized carbons (Fsp3) is 0.562. The van der Waals surface area contributed by atoms with Crippen LogP contribution in [0.25, 0.3) is 0 Å². The van der Waals surface area contributed by atoms with Crippen molar-refractivity contribution in [3.8, 4) is 0 Å². The zero-order valence-electron chi connectivity index (χ0n) is 14.6. The van der Waals surface area contributed by atoms with Gasteiger partial charge in [-0.25, -0.2) is 8.42 Å². The number of hydrogen-bond donors (Lipinski definition) is 1. The van der Waals surface area contributed by atoms with E-state index in [0.717, 1.165) is 4.47 Å². The normalized spacial score (nSPS) is 17.5. The van der Waals surface area contributed by atoms with Gasteiger partial charge in [-0.2, -0.15) is 4.31 Å². The summed E-state index contributed by atoms with van der Waals surface area (Å²) in [6.07, 6.45) is 0. The SMILES string of the molecule is CC(C)(C)NC(=O)CN1CCN(S(=O)(=O)c2ccc(Br)cc2Cl)CC1. The van der Waals surface area contributed by atoms with E-state index in [0.29, 0.717) is 26.2 Å². The summed E-state index contributed by atoms with van der Waals surface area (Å²) in [7, 11) is -3.64. The summed E-state index contributed by atoms with van der Waals surface area (Å²) in [5, 5.41) is 3.11. The standard InChI is InChI=1S/C16H23BrClN3O3S/c1-16(2,3)19-15(22)11-20-6-8-21(9-7-20)25(23,24)14-5-4-12(17)10-13(14)18/h4-5,10H,6-9,11H2,1-3H3,(H,19,22). The first-order valence-corrected chi connectivity index (χ1v) is 10.6. The molecule has 0 saturated carbocycles. The summed E-state index contributed by atoms with van der Waals surface area (Å²) in [6, 6.07) is 4.73. The Morgan fingerprint density at radius 1 is 1.24 bits per heavy atom. The number of sulfonamides is 1. The first-order chi connectivity index (χ1) is 11.5. The minimum absolute atomic E-state index is 0.0558. The molecule has 1 amide bonds. The van der Waals surface area contributed by atoms with Gasteiger partial charge in [-0.15, -0.1) is 0 Å². The van der Waals surface area contributed by atoms with Gasteiger partial charge in [-0.1, -0.05) is 27.5 Å². The molecule has 1 saturated heterocycles. The monoisotopic (exact) mass is 451 g/mol. The molecule has 1 heterocycles. The molecule has 1 aromatic rings. The van der Waals surface area contributed by atoms with Crippen LogP contribution in [0.1, 0.15) is 20.8 Å². The molecule has 0 radical (unpaired) electrons. The van der Waals surface area contributed by atoms with Gasteiger partial charge in [0, 0.05) is 36.2 Å². The molecular weight excluding hydrogens is 430 g/mol. The zero-order chi connectivity index (χ0) is 18.8. The van der Waals surface area contributed by atoms with Gasteiger partial charge in [0.25, 0.3) is 0 Å². The van der Waals surface area contributed by atoms with Gasteiger partial charge in [0.2, 0.25) is 15.9 Å². The highest BCUT2D eigenvalue weighted by Gasteiger charge is 2.30. The van der Waals surface area contributed by atoms with Gasteiger partial charge in [0.15, 0.2) is 0 Å². The van der Waals surface area contributed by atoms with E-state index in [1.165, 1.54) is 10.4 Å². The van der Waals surface area contributed by atoms with Crippen molar-refractivity contribution < 1.29 is 13.2 Å². The molecule has 1 N–H and O–H groups in total. The van der Waals surface area contributed by atoms with E-state index < -0.39 is 10.0 Å². The van der Waals surface area contributed by atoms with Crippen molar-refractivity contribution >= 4 is 43.5 Å². The second-order valence-electron chi connectivity index (χ2n) is 7.05. The average Bonchev–Trinajstić information content (AvgIpc) is 2.45. The summed E-state index contributed by atoms with van der Waals surface area (Å²) in [5.74, 6) is -0.0558. The molecule has 0 bridgehead atoms. The van der Waals surface area contributed by atoms with Crippen LogP contribution < -0.4 is 5.32 Å². The van der Waals surface area contributed by atoms with Gasteiger partial charge < -0.3 is 5.32 Å². The van der Waals surface area contributed by atoms with E-state index in [9.17, 15) is 13.2 Å². The van der Waals surface area contributed by atoms with Crippen molar-refractivity contribution in [2.75, 3.05) is 32.7 Å². The molecule has 25 heavy (non-hydrogen) atoms. The van der Waals surface area contributed by atoms with Crippen molar-refractivity contribution in [3.63, 3.8) is 0 Å². The van der Waals surface area contributed by atoms with Gasteiger partial charge in [0.1, 0.15) is 4.90 Å². The number of halogens is 2. The van der Waals surface area contributed by atoms with Crippen LogP contribution in [0.3, 0.4) is 0 Å². The van der Waals surface area contributed by atoms with E-state index in [2.05, 4.69) is 21.2 Å². The lowest BCUT2D eigenvalue weighted by molar-refractivity contribution is -0.123. The number of nitrogens with one attached hydrogen (secondary N) is 1. The lowest BCUT2D eigenvalue weighted by atomic mass is 10.1. The Morgan fingerprint density at radius 3 is 2.36 bits per heavy atom. The Kier molecular flexibility index (Phi) is 6.54. The Balaban J connectivity index is 1.98. The maximum atomic E-state index is 12.8. The third kappa shape index (κ3) is 5.65. The number of benzene rings is 1. The quantitative estimate of drug-likeness (QED) is 0.761. The highest BCUT2D eigenvalue weighted by Crippen LogP contribution is 2.28. The van der Waals surface area contributed by atoms with Gasteiger partial charge in [0.05, 0.1) is 11.6 Å². The number of carbonyl (C=O) groups is 1. The molecule has 1 aromatic carbocycles. The Labute approximate surface area is 162 Å². The summed E-state index contributed by atoms with van der Waals surface area (Å²) >= 11 is 9.37. The minimum Gasteiger partial charge on any atom is -0.350 e. The van der Waals surface area contributed by atoms with Crippen LogP contribution in [0.5, 0.6) is 0 Å². The third-order valence-corrected chi connectivity index (χ3v) is 6.60. The van der Waals surface area contributed by atoms with Crippen molar-refractivity contribution in [2.24, 2.45) is 0 Å². The molecule has 1 aliphatic rings. The number of hydrogen-bond acceptors (Lipinski definition) is 4. The van der Waals surface area contributed by atoms with Crippen LogP contribution in [0.15, 0.2) is 27.6 Å². The first kappa shape index (κ1) is 20.6. The summed E-state index contributed by atoms with van der Waals surface area (Å²) < 4.78 is 27.7. The summed E-state index contributed by atoms with van der Waals surface area (Å²) in [5.41, 5.74) is -0.277. The first-order valence-electron chi connectivity index (χ1n) is 7.97. The highest BCUT2D eigenvalue weighted by molar-refractivity contribution is 9.10. The maximum absolute atomic E-state index is 12.8. The lowest BCUT2D eigenvalue weighted by Gasteiger charge is -2.34. The topological polar surface area (TPSA) is 69.7 Å². The molecule has 0 aliphatic carbocycles. The molecule has 0 aromatic heterocycles. The maximum Gasteiger partial charge on any atom is 0.244 e. The number of nitrogens with zero attached hydrogens (tertiary/aromatic N) is 2. The van der Waals surface area contributed by atoms with Gasteiger partial charge in [-0.05, 0) is 39.0 Å². The fourth-order valence-electron chi connectivity index (χ4n) is 2.61. The van der Waals surface area contributed by atoms with Gasteiger partial charge in [-0.3, -0.25) is 9.69 Å². The highest BCUT2D eigenvalue weighted by atomic mass is 79.9. The molecule has 6 nitrogen and oxygen atoms in total. The molecule has 1 fully saturated rings. The van der Waals surface area contributed by atoms with E-state index in [1.54, 1.807) is 12.1 Å². The van der Waals surface area contributed by atoms with Crippen molar-refractivity contribution in [2.45, 2.75) is 31.2 Å². The summed E-state index contributed by atoms with van der Waals surface area (Å²) in [4.78, 5) is 14.1. The van der Waals surface area contributed by atoms with Crippen LogP contribution in [0, 0.1) is 0 Å². The second kappa shape index (κ2) is 7.92. The minimum atomic E-state index is -3.64. The van der Waals surface area contributed by atoms with Crippen molar-refractivity contribution in [3.05, 3.63) is 27.7 Å². The van der Waals surface area contributed by atoms with Crippen LogP contribution in [-0.2, 0) is 14.8 Å². The van der Waals surface area contributed by atoms with Crippen LogP contribution in [0.4, 0.5) is 0 Å². The third-order valence-electron chi connectivity index (χ3n) is 3.72. The average molecular weight is 453 g/mol. The van der Waals surface area contributed by atoms with Crippen LogP contribution >= 0.6 is 27.5 Å². The van der Waals surface area contributed by atoms with Crippen molar-refractivity contribution in [1.29, 1.82) is 0 Å². The number of piperazine rings is 1. The molecule has 140 valence electrons. The van der Waals surface area contributed by atoms with E-state index in [-0.39, 0.29) is 27.9 Å². The molecule has 1 aliphatic heterocycles. The number of rotatable bonds is 4. The van der Waals surface area contributed by atoms with Crippen LogP contribution in [-0.4, -0.2) is 61.8 Å². The Morgan fingerprint density at radius 2 is 1.84 bits per heavy atom. The predicted molar refractivity (Wildman–Crippen MR) is 102 cm³/mol. The molecule has 9 heteroatoms. The largest absolute Gasteiger partial charge is 0.350 e. The summed E-state index contributed by atoms with van der Waals surface area (Å²) in [6.45, 7) is 7.72. The lowest BCUT2D eigenvalue weighted by Crippen LogP contribution is -2.52. The van der Waals surface area contributed by atoms with E-state index in [4.69, 9.17) is 11.6 Å². The molecule has 2 rings (SSSR count). The molecular formula is C16H23BrClN3O3S. The van der Waals surface area contributed by atoms with E-state index >= 15 is 0 Å². The van der Waals surface area contributed by atoms with Crippen LogP contribution in [0.2, 0.25) is 5.02 Å². The number of amides is 1. The zero-order valence-corrected chi connectivity index (χ0v) is 17.7. The Hall–Kier alpha value is -0.670. The molecule has 0 atom stereocenters. The number of carbonyl (C=O) groups excluding carboxylic acids is 1. The fourth-order valence-corrected chi connectivity index (χ4v) is 5.05. The van der Waals surface area contributed by atoms with Crippen molar-refractivity contribution in [1.82, 2.24) is 14.5 Å². The smallest absolute Gasteiger partial charge is 0.244 e.